The largest absolute Gasteiger partial charge is 0.393 e. The highest BCUT2D eigenvalue weighted by Crippen LogP contribution is 2.35. The van der Waals surface area contributed by atoms with Crippen LogP contribution in [0, 0.1) is 5.41 Å². The van der Waals surface area contributed by atoms with Crippen LogP contribution in [0.5, 0.6) is 0 Å². The highest BCUT2D eigenvalue weighted by molar-refractivity contribution is 6.40. The van der Waals surface area contributed by atoms with Gasteiger partial charge in [0.25, 0.3) is 5.91 Å². The molecule has 0 unspecified atom stereocenters. The van der Waals surface area contributed by atoms with Crippen molar-refractivity contribution in [2.24, 2.45) is 5.41 Å². The molecule has 0 spiro atoms. The normalized spacial score (nSPS) is 29.1. The maximum absolute atomic E-state index is 13.2. The lowest BCUT2D eigenvalue weighted by Gasteiger charge is -2.44. The molecule has 1 aliphatic heterocycles. The van der Waals surface area contributed by atoms with Gasteiger partial charge >= 0.3 is 0 Å². The molecule has 31 heavy (non-hydrogen) atoms. The molecule has 1 heterocycles. The second-order valence-electron chi connectivity index (χ2n) is 10.0. The molecule has 2 aliphatic carbocycles. The predicted molar refractivity (Wildman–Crippen MR) is 110 cm³/mol. The molecule has 2 atom stereocenters. The number of nitrogens with one attached hydrogen (secondary N) is 3. The van der Waals surface area contributed by atoms with Gasteiger partial charge in [0.05, 0.1) is 13.2 Å². The maximum atomic E-state index is 13.2. The van der Waals surface area contributed by atoms with Crippen molar-refractivity contribution in [3.05, 3.63) is 0 Å². The van der Waals surface area contributed by atoms with E-state index in [1.165, 1.54) is 12.0 Å². The maximum Gasteiger partial charge on any atom is 0.290 e. The van der Waals surface area contributed by atoms with Crippen LogP contribution in [0.2, 0.25) is 0 Å². The number of likely N-dealkylation sites (tertiary alicyclic amines) is 1. The van der Waals surface area contributed by atoms with Crippen molar-refractivity contribution in [2.75, 3.05) is 13.7 Å². The van der Waals surface area contributed by atoms with E-state index >= 15 is 0 Å². The Morgan fingerprint density at radius 1 is 1.13 bits per heavy atom. The van der Waals surface area contributed by atoms with Crippen LogP contribution in [0.15, 0.2) is 0 Å². The molecule has 4 N–H and O–H groups in total. The highest BCUT2D eigenvalue weighted by atomic mass is 16.6. The summed E-state index contributed by atoms with van der Waals surface area (Å²) < 4.78 is 0. The third-order valence-corrected chi connectivity index (χ3v) is 6.27. The highest BCUT2D eigenvalue weighted by Gasteiger charge is 2.54. The second kappa shape index (κ2) is 8.84. The van der Waals surface area contributed by atoms with E-state index in [-0.39, 0.29) is 24.8 Å². The topological polar surface area (TPSA) is 137 Å². The molecule has 2 saturated carbocycles. The van der Waals surface area contributed by atoms with Gasteiger partial charge in [0, 0.05) is 25.4 Å². The van der Waals surface area contributed by atoms with Gasteiger partial charge in [-0.2, -0.15) is 5.48 Å². The summed E-state index contributed by atoms with van der Waals surface area (Å²) in [4.78, 5) is 58.0. The van der Waals surface area contributed by atoms with Gasteiger partial charge in [-0.15, -0.1) is 0 Å². The molecule has 3 aliphatic rings. The van der Waals surface area contributed by atoms with Crippen molar-refractivity contribution in [3.63, 3.8) is 0 Å². The Morgan fingerprint density at radius 2 is 1.77 bits per heavy atom. The van der Waals surface area contributed by atoms with Crippen LogP contribution in [-0.4, -0.2) is 76.9 Å². The number of ketones is 1. The number of nitrogens with zero attached hydrogens (tertiary/aromatic N) is 1. The molecule has 1 saturated heterocycles. The average molecular weight is 439 g/mol. The van der Waals surface area contributed by atoms with E-state index in [0.717, 1.165) is 12.8 Å². The van der Waals surface area contributed by atoms with Crippen LogP contribution in [0.4, 0.5) is 0 Å². The molecule has 0 radical (unpaired) electrons. The van der Waals surface area contributed by atoms with Gasteiger partial charge in [-0.05, 0) is 31.1 Å². The summed E-state index contributed by atoms with van der Waals surface area (Å²) >= 11 is 0. The van der Waals surface area contributed by atoms with Crippen LogP contribution in [0.1, 0.15) is 59.3 Å². The first-order valence-corrected chi connectivity index (χ1v) is 10.9. The molecule has 0 bridgehead atoms. The summed E-state index contributed by atoms with van der Waals surface area (Å²) in [5.41, 5.74) is 0.862. The summed E-state index contributed by atoms with van der Waals surface area (Å²) in [6.07, 6.45) is 2.02. The van der Waals surface area contributed by atoms with Crippen molar-refractivity contribution in [1.29, 1.82) is 0 Å². The Balaban J connectivity index is 1.71. The Hall–Kier alpha value is -2.04. The first-order chi connectivity index (χ1) is 14.5. The third-order valence-electron chi connectivity index (χ3n) is 6.27. The average Bonchev–Trinajstić information content (AvgIpc) is 3.33. The minimum atomic E-state index is -1.42. The third kappa shape index (κ3) is 5.07. The van der Waals surface area contributed by atoms with Gasteiger partial charge in [0.1, 0.15) is 17.6 Å². The summed E-state index contributed by atoms with van der Waals surface area (Å²) in [5.74, 6) is -2.20. The van der Waals surface area contributed by atoms with Gasteiger partial charge in [-0.1, -0.05) is 20.8 Å². The van der Waals surface area contributed by atoms with Gasteiger partial charge < -0.3 is 25.5 Å². The van der Waals surface area contributed by atoms with Crippen molar-refractivity contribution < 1.29 is 29.1 Å². The first-order valence-electron chi connectivity index (χ1n) is 10.9. The zero-order valence-corrected chi connectivity index (χ0v) is 18.7. The number of hydroxylamine groups is 1. The Labute approximate surface area is 182 Å². The predicted octanol–water partition coefficient (Wildman–Crippen LogP) is -0.599. The monoisotopic (exact) mass is 438 g/mol. The van der Waals surface area contributed by atoms with Crippen molar-refractivity contribution in [1.82, 2.24) is 21.0 Å². The van der Waals surface area contributed by atoms with Crippen molar-refractivity contribution >= 4 is 23.5 Å². The van der Waals surface area contributed by atoms with E-state index in [9.17, 15) is 24.3 Å². The number of aliphatic hydroxyl groups excluding tert-OH is 1. The number of carbonyl (C=O) groups excluding carboxylic acids is 4. The molecule has 0 aromatic carbocycles. The summed E-state index contributed by atoms with van der Waals surface area (Å²) in [5, 5.41) is 15.2. The molecule has 174 valence electrons. The summed E-state index contributed by atoms with van der Waals surface area (Å²) in [6.45, 7) is 6.11. The van der Waals surface area contributed by atoms with Gasteiger partial charge in [-0.25, -0.2) is 0 Å². The van der Waals surface area contributed by atoms with E-state index in [4.69, 9.17) is 4.84 Å². The fourth-order valence-corrected chi connectivity index (χ4v) is 4.29. The van der Waals surface area contributed by atoms with Gasteiger partial charge in [0.2, 0.25) is 17.6 Å². The number of rotatable bonds is 8. The van der Waals surface area contributed by atoms with Crippen molar-refractivity contribution in [3.8, 4) is 0 Å². The molecule has 3 fully saturated rings. The van der Waals surface area contributed by atoms with Crippen LogP contribution in [-0.2, 0) is 24.0 Å². The number of hydrogen-bond donors (Lipinski definition) is 4. The quantitative estimate of drug-likeness (QED) is 0.293. The minimum Gasteiger partial charge on any atom is -0.393 e. The molecular formula is C21H34N4O6. The van der Waals surface area contributed by atoms with E-state index in [2.05, 4.69) is 16.1 Å². The number of Topliss-reactive ketones (excluding diaryl/α,β-unsaturated/α-hetero) is 1. The van der Waals surface area contributed by atoms with Gasteiger partial charge in [-0.3, -0.25) is 19.2 Å². The molecule has 10 heteroatoms. The summed E-state index contributed by atoms with van der Waals surface area (Å²) in [6, 6.07) is -1.39. The number of amides is 3. The number of carbonyl (C=O) groups is 4. The zero-order valence-electron chi connectivity index (χ0n) is 18.7. The molecule has 0 aromatic rings. The van der Waals surface area contributed by atoms with Gasteiger partial charge in [0.15, 0.2) is 0 Å². The lowest BCUT2D eigenvalue weighted by atomic mass is 9.70. The fourth-order valence-electron chi connectivity index (χ4n) is 4.29. The van der Waals surface area contributed by atoms with Crippen molar-refractivity contribution in [2.45, 2.75) is 89.1 Å². The molecule has 3 amide bonds. The Morgan fingerprint density at radius 3 is 2.29 bits per heavy atom. The van der Waals surface area contributed by atoms with E-state index in [1.807, 2.05) is 20.8 Å². The molecule has 0 aromatic heterocycles. The smallest absolute Gasteiger partial charge is 0.290 e. The van der Waals surface area contributed by atoms with E-state index in [1.54, 1.807) is 0 Å². The number of aliphatic hydroxyl groups is 1. The molecule has 10 nitrogen and oxygen atoms in total. The molecular weight excluding hydrogens is 404 g/mol. The van der Waals surface area contributed by atoms with Crippen LogP contribution in [0.3, 0.4) is 0 Å². The first kappa shape index (κ1) is 23.6. The standard InChI is InChI=1S/C21H34N4O6/c1-20(2,3)15(24-31-4)19(30)25-9-5-6-14(25)17(28)23-21(10-13(26)11-21)16(27)18(29)22-12-7-8-12/h12-15,24,26H,5-11H2,1-4H3,(H,22,29)(H,23,28)/t13?,14-,15+,21?/m0/s1. The van der Waals surface area contributed by atoms with Crippen LogP contribution >= 0.6 is 0 Å². The molecule has 3 rings (SSSR count). The Kier molecular flexibility index (Phi) is 6.73. The number of hydrogen-bond acceptors (Lipinski definition) is 7. The van der Waals surface area contributed by atoms with E-state index < -0.39 is 46.7 Å². The fraction of sp³-hybridized carbons (Fsp3) is 0.810. The zero-order chi connectivity index (χ0) is 23.0. The van der Waals surface area contributed by atoms with Crippen LogP contribution in [0.25, 0.3) is 0 Å². The second-order valence-corrected chi connectivity index (χ2v) is 10.0. The van der Waals surface area contributed by atoms with E-state index in [0.29, 0.717) is 19.4 Å². The van der Waals surface area contributed by atoms with Crippen LogP contribution < -0.4 is 16.1 Å². The lowest BCUT2D eigenvalue weighted by molar-refractivity contribution is -0.152. The summed E-state index contributed by atoms with van der Waals surface area (Å²) in [7, 11) is 1.43. The Bertz CT molecular complexity index is 739. The minimum absolute atomic E-state index is 0.00777. The lowest BCUT2D eigenvalue weighted by Crippen LogP contribution is -2.69. The SMILES string of the molecule is CON[C@H](C(=O)N1CCC[C@H]1C(=O)NC1(C(=O)C(=O)NC2CC2)CC(O)C1)C(C)(C)C.